The number of imide groups is 1. The molecule has 142 valence electrons. The number of benzene rings is 2. The zero-order valence-electron chi connectivity index (χ0n) is 15.2. The molecule has 0 saturated heterocycles. The first kappa shape index (κ1) is 17.9. The van der Waals surface area contributed by atoms with Crippen LogP contribution in [-0.4, -0.2) is 41.7 Å². The van der Waals surface area contributed by atoms with Gasteiger partial charge in [-0.05, 0) is 31.0 Å². The minimum Gasteiger partial charge on any atom is -0.444 e. The van der Waals surface area contributed by atoms with Crippen molar-refractivity contribution in [2.24, 2.45) is 0 Å². The highest BCUT2D eigenvalue weighted by molar-refractivity contribution is 6.21. The van der Waals surface area contributed by atoms with E-state index < -0.39 is 23.9 Å². The van der Waals surface area contributed by atoms with Gasteiger partial charge in [0.2, 0.25) is 6.10 Å². The van der Waals surface area contributed by atoms with E-state index >= 15 is 0 Å². The van der Waals surface area contributed by atoms with Crippen LogP contribution >= 0.6 is 0 Å². The topological polar surface area (TPSA) is 92.8 Å². The maximum atomic E-state index is 12.7. The van der Waals surface area contributed by atoms with Crippen molar-refractivity contribution in [2.45, 2.75) is 25.0 Å². The molecule has 1 atom stereocenters. The van der Waals surface area contributed by atoms with Crippen molar-refractivity contribution in [2.75, 3.05) is 7.05 Å². The first-order valence-corrected chi connectivity index (χ1v) is 8.98. The van der Waals surface area contributed by atoms with Gasteiger partial charge in [0.25, 0.3) is 17.7 Å². The Morgan fingerprint density at radius 2 is 1.71 bits per heavy atom. The van der Waals surface area contributed by atoms with E-state index in [4.69, 9.17) is 4.74 Å². The number of carbonyl (C=O) groups is 4. The summed E-state index contributed by atoms with van der Waals surface area (Å²) in [6.07, 6.45) is 0.730. The summed E-state index contributed by atoms with van der Waals surface area (Å²) >= 11 is 0. The molecule has 0 unspecified atom stereocenters. The van der Waals surface area contributed by atoms with E-state index in [-0.39, 0.29) is 28.6 Å². The third-order valence-electron chi connectivity index (χ3n) is 4.81. The van der Waals surface area contributed by atoms with E-state index in [0.717, 1.165) is 17.7 Å². The minimum atomic E-state index is -1.09. The van der Waals surface area contributed by atoms with Crippen LogP contribution in [0.4, 0.5) is 0 Å². The third-order valence-corrected chi connectivity index (χ3v) is 4.81. The van der Waals surface area contributed by atoms with Crippen LogP contribution < -0.4 is 5.32 Å². The van der Waals surface area contributed by atoms with Crippen LogP contribution in [0.5, 0.6) is 0 Å². The van der Waals surface area contributed by atoms with Gasteiger partial charge in [0.15, 0.2) is 0 Å². The smallest absolute Gasteiger partial charge is 0.339 e. The Hall–Kier alpha value is -3.48. The highest BCUT2D eigenvalue weighted by Crippen LogP contribution is 2.26. The molecule has 4 rings (SSSR count). The van der Waals surface area contributed by atoms with Crippen molar-refractivity contribution in [3.05, 3.63) is 70.8 Å². The fourth-order valence-electron chi connectivity index (χ4n) is 3.07. The number of amides is 3. The number of hydrogen-bond acceptors (Lipinski definition) is 5. The summed E-state index contributed by atoms with van der Waals surface area (Å²) < 4.78 is 5.50. The maximum Gasteiger partial charge on any atom is 0.339 e. The fourth-order valence-corrected chi connectivity index (χ4v) is 3.07. The lowest BCUT2D eigenvalue weighted by Gasteiger charge is -2.18. The van der Waals surface area contributed by atoms with Crippen molar-refractivity contribution in [1.82, 2.24) is 10.2 Å². The van der Waals surface area contributed by atoms with Crippen molar-refractivity contribution < 1.29 is 23.9 Å². The summed E-state index contributed by atoms with van der Waals surface area (Å²) in [5.41, 5.74) is 1.06. The van der Waals surface area contributed by atoms with Gasteiger partial charge in [0.1, 0.15) is 0 Å². The Morgan fingerprint density at radius 1 is 1.04 bits per heavy atom. The molecule has 1 saturated carbocycles. The number of nitrogens with zero attached hydrogens (tertiary/aromatic N) is 1. The van der Waals surface area contributed by atoms with Crippen LogP contribution in [0.15, 0.2) is 48.5 Å². The molecule has 2 aliphatic rings. The molecule has 2 aromatic rings. The van der Waals surface area contributed by atoms with Crippen LogP contribution in [0.3, 0.4) is 0 Å². The van der Waals surface area contributed by atoms with Crippen molar-refractivity contribution in [1.29, 1.82) is 0 Å². The van der Waals surface area contributed by atoms with Crippen molar-refractivity contribution in [3.8, 4) is 0 Å². The first-order valence-electron chi connectivity index (χ1n) is 8.98. The van der Waals surface area contributed by atoms with Gasteiger partial charge in [-0.3, -0.25) is 19.3 Å². The summed E-state index contributed by atoms with van der Waals surface area (Å²) in [7, 11) is 1.39. The van der Waals surface area contributed by atoms with E-state index in [1.807, 2.05) is 0 Å². The standard InChI is InChI=1S/C21H18N2O5/c1-23-19(25)15-10-7-13(11-16(15)20(23)26)21(27)28-17(12-5-3-2-4-6-12)18(24)22-14-8-9-14/h2-7,10-11,14,17H,8-9H2,1H3,(H,22,24)/t17-/m0/s1. The number of fused-ring (bicyclic) bond motifs is 1. The molecular weight excluding hydrogens is 360 g/mol. The number of nitrogens with one attached hydrogen (secondary N) is 1. The quantitative estimate of drug-likeness (QED) is 0.635. The van der Waals surface area contributed by atoms with E-state index in [1.54, 1.807) is 30.3 Å². The summed E-state index contributed by atoms with van der Waals surface area (Å²) in [6, 6.07) is 13.1. The monoisotopic (exact) mass is 378 g/mol. The van der Waals surface area contributed by atoms with Gasteiger partial charge in [-0.15, -0.1) is 0 Å². The average Bonchev–Trinajstić information content (AvgIpc) is 3.50. The molecule has 1 aliphatic heterocycles. The number of ether oxygens (including phenoxy) is 1. The van der Waals surface area contributed by atoms with Gasteiger partial charge in [-0.2, -0.15) is 0 Å². The zero-order chi connectivity index (χ0) is 19.8. The van der Waals surface area contributed by atoms with Crippen molar-refractivity contribution >= 4 is 23.7 Å². The van der Waals surface area contributed by atoms with Gasteiger partial charge in [0, 0.05) is 18.7 Å². The predicted molar refractivity (Wildman–Crippen MR) is 98.6 cm³/mol. The number of rotatable bonds is 5. The summed E-state index contributed by atoms with van der Waals surface area (Å²) in [4.78, 5) is 50.4. The Kier molecular flexibility index (Phi) is 4.43. The Balaban J connectivity index is 1.59. The maximum absolute atomic E-state index is 12.7. The summed E-state index contributed by atoms with van der Waals surface area (Å²) in [6.45, 7) is 0. The molecular formula is C21H18N2O5. The highest BCUT2D eigenvalue weighted by atomic mass is 16.5. The summed E-state index contributed by atoms with van der Waals surface area (Å²) in [5, 5.41) is 2.85. The summed E-state index contributed by atoms with van der Waals surface area (Å²) in [5.74, 6) is -2.00. The molecule has 0 aromatic heterocycles. The highest BCUT2D eigenvalue weighted by Gasteiger charge is 2.34. The second-order valence-electron chi connectivity index (χ2n) is 6.91. The zero-order valence-corrected chi connectivity index (χ0v) is 15.2. The van der Waals surface area contributed by atoms with Gasteiger partial charge in [0.05, 0.1) is 16.7 Å². The third kappa shape index (κ3) is 3.26. The fraction of sp³-hybridized carbons (Fsp3) is 0.238. The number of esters is 1. The molecule has 28 heavy (non-hydrogen) atoms. The van der Waals surface area contributed by atoms with Crippen LogP contribution in [0, 0.1) is 0 Å². The normalized spacial score (nSPS) is 16.5. The molecule has 7 heteroatoms. The molecule has 1 aliphatic carbocycles. The van der Waals surface area contributed by atoms with Gasteiger partial charge >= 0.3 is 5.97 Å². The predicted octanol–water partition coefficient (Wildman–Crippen LogP) is 2.09. The van der Waals surface area contributed by atoms with Crippen LogP contribution in [0.25, 0.3) is 0 Å². The van der Waals surface area contributed by atoms with E-state index in [0.29, 0.717) is 5.56 Å². The van der Waals surface area contributed by atoms with Gasteiger partial charge in [-0.1, -0.05) is 30.3 Å². The lowest BCUT2D eigenvalue weighted by Crippen LogP contribution is -2.33. The molecule has 1 fully saturated rings. The van der Waals surface area contributed by atoms with Crippen molar-refractivity contribution in [3.63, 3.8) is 0 Å². The molecule has 7 nitrogen and oxygen atoms in total. The van der Waals surface area contributed by atoms with Crippen LogP contribution in [0.2, 0.25) is 0 Å². The Labute approximate surface area is 161 Å². The van der Waals surface area contributed by atoms with E-state index in [9.17, 15) is 19.2 Å². The molecule has 0 spiro atoms. The lowest BCUT2D eigenvalue weighted by molar-refractivity contribution is -0.130. The second-order valence-corrected chi connectivity index (χ2v) is 6.91. The Morgan fingerprint density at radius 3 is 2.39 bits per heavy atom. The van der Waals surface area contributed by atoms with Crippen LogP contribution in [-0.2, 0) is 9.53 Å². The first-order chi connectivity index (χ1) is 13.5. The minimum absolute atomic E-state index is 0.107. The Bertz CT molecular complexity index is 982. The molecule has 1 N–H and O–H groups in total. The van der Waals surface area contributed by atoms with Gasteiger partial charge in [-0.25, -0.2) is 4.79 Å². The molecule has 2 aromatic carbocycles. The molecule has 0 bridgehead atoms. The number of carbonyl (C=O) groups excluding carboxylic acids is 4. The largest absolute Gasteiger partial charge is 0.444 e. The van der Waals surface area contributed by atoms with E-state index in [2.05, 4.69) is 5.32 Å². The molecule has 3 amide bonds. The second kappa shape index (κ2) is 6.92. The molecule has 0 radical (unpaired) electrons. The number of hydrogen-bond donors (Lipinski definition) is 1. The SMILES string of the molecule is CN1C(=O)c2ccc(C(=O)O[C@H](C(=O)NC3CC3)c3ccccc3)cc2C1=O. The molecule has 1 heterocycles. The van der Waals surface area contributed by atoms with Crippen LogP contribution in [0.1, 0.15) is 55.6 Å². The average molecular weight is 378 g/mol. The lowest BCUT2D eigenvalue weighted by atomic mass is 10.1. The van der Waals surface area contributed by atoms with E-state index in [1.165, 1.54) is 25.2 Å². The van der Waals surface area contributed by atoms with Gasteiger partial charge < -0.3 is 10.1 Å².